The summed E-state index contributed by atoms with van der Waals surface area (Å²) in [5.74, 6) is 0.239. The number of nitrogens with zero attached hydrogens (tertiary/aromatic N) is 2. The molecule has 1 aliphatic heterocycles. The Labute approximate surface area is 162 Å². The average molecular weight is 389 g/mol. The second-order valence-corrected chi connectivity index (χ2v) is 6.68. The Morgan fingerprint density at radius 3 is 2.70 bits per heavy atom. The highest BCUT2D eigenvalue weighted by molar-refractivity contribution is 6.30. The molecular weight excluding hydrogens is 368 g/mol. The molecular formula is C19H21ClN4O3. The van der Waals surface area contributed by atoms with Crippen LogP contribution in [0.25, 0.3) is 0 Å². The van der Waals surface area contributed by atoms with Crippen molar-refractivity contribution in [3.63, 3.8) is 0 Å². The fraction of sp³-hybridized carbons (Fsp3) is 0.316. The number of rotatable bonds is 6. The van der Waals surface area contributed by atoms with Gasteiger partial charge in [0.2, 0.25) is 5.91 Å². The monoisotopic (exact) mass is 388 g/mol. The number of carbonyl (C=O) groups excluding carboxylic acids is 2. The number of nitrogens with one attached hydrogen (secondary N) is 2. The fourth-order valence-corrected chi connectivity index (χ4v) is 2.98. The molecule has 1 aliphatic rings. The maximum atomic E-state index is 12.9. The van der Waals surface area contributed by atoms with Gasteiger partial charge in [0.25, 0.3) is 5.91 Å². The number of hydrazone groups is 1. The molecule has 0 saturated heterocycles. The van der Waals surface area contributed by atoms with E-state index in [2.05, 4.69) is 15.7 Å². The Kier molecular flexibility index (Phi) is 5.93. The van der Waals surface area contributed by atoms with Crippen LogP contribution >= 0.6 is 11.6 Å². The lowest BCUT2D eigenvalue weighted by Crippen LogP contribution is -2.45. The van der Waals surface area contributed by atoms with E-state index in [4.69, 9.17) is 16.0 Å². The average Bonchev–Trinajstić information content (AvgIpc) is 3.35. The minimum Gasteiger partial charge on any atom is -0.467 e. The number of furan rings is 1. The van der Waals surface area contributed by atoms with Crippen LogP contribution in [0.2, 0.25) is 5.02 Å². The first kappa shape index (κ1) is 19.1. The van der Waals surface area contributed by atoms with Crippen molar-refractivity contribution in [3.05, 3.63) is 59.0 Å². The van der Waals surface area contributed by atoms with Crippen molar-refractivity contribution in [2.75, 3.05) is 13.6 Å². The summed E-state index contributed by atoms with van der Waals surface area (Å²) in [5.41, 5.74) is 1.68. The molecule has 27 heavy (non-hydrogen) atoms. The number of hydrogen-bond donors (Lipinski definition) is 2. The molecule has 3 rings (SSSR count). The first-order valence-corrected chi connectivity index (χ1v) is 9.01. The molecule has 1 aromatic carbocycles. The Balaban J connectivity index is 1.82. The molecule has 2 atom stereocenters. The van der Waals surface area contributed by atoms with Crippen LogP contribution in [0.15, 0.2) is 52.2 Å². The van der Waals surface area contributed by atoms with Gasteiger partial charge in [0, 0.05) is 18.5 Å². The van der Waals surface area contributed by atoms with Crippen molar-refractivity contribution in [1.82, 2.24) is 15.6 Å². The highest BCUT2D eigenvalue weighted by atomic mass is 35.5. The summed E-state index contributed by atoms with van der Waals surface area (Å²) in [6.45, 7) is 1.76. The van der Waals surface area contributed by atoms with Crippen LogP contribution < -0.4 is 10.6 Å². The zero-order valence-corrected chi connectivity index (χ0v) is 15.9. The van der Waals surface area contributed by atoms with Gasteiger partial charge >= 0.3 is 0 Å². The molecule has 0 unspecified atom stereocenters. The highest BCUT2D eigenvalue weighted by Gasteiger charge is 2.36. The van der Waals surface area contributed by atoms with E-state index in [9.17, 15) is 9.59 Å². The third kappa shape index (κ3) is 4.37. The molecule has 0 fully saturated rings. The fourth-order valence-electron chi connectivity index (χ4n) is 2.85. The topological polar surface area (TPSA) is 86.9 Å². The van der Waals surface area contributed by atoms with E-state index < -0.39 is 6.04 Å². The summed E-state index contributed by atoms with van der Waals surface area (Å²) in [6.07, 6.45) is 2.11. The van der Waals surface area contributed by atoms with E-state index in [1.807, 2.05) is 18.2 Å². The minimum absolute atomic E-state index is 0.0520. The Morgan fingerprint density at radius 1 is 1.33 bits per heavy atom. The summed E-state index contributed by atoms with van der Waals surface area (Å²) in [7, 11) is 1.55. The second kappa shape index (κ2) is 8.37. The van der Waals surface area contributed by atoms with Gasteiger partial charge in [0.1, 0.15) is 11.8 Å². The molecule has 2 amide bonds. The summed E-state index contributed by atoms with van der Waals surface area (Å²) in [4.78, 5) is 24.4. The van der Waals surface area contributed by atoms with Crippen molar-refractivity contribution >= 4 is 29.1 Å². The molecule has 0 radical (unpaired) electrons. The summed E-state index contributed by atoms with van der Waals surface area (Å²) >= 11 is 5.96. The van der Waals surface area contributed by atoms with Crippen LogP contribution in [0.3, 0.4) is 0 Å². The molecule has 0 saturated carbocycles. The SMILES string of the molecule is CNC(=O)CN[C@H](C)C(=O)N1N=C(c2ccc(Cl)cc2)C[C@H]1c1ccco1. The third-order valence-electron chi connectivity index (χ3n) is 4.40. The van der Waals surface area contributed by atoms with E-state index >= 15 is 0 Å². The van der Waals surface area contributed by atoms with E-state index in [0.717, 1.165) is 11.3 Å². The molecule has 0 bridgehead atoms. The Morgan fingerprint density at radius 2 is 2.07 bits per heavy atom. The summed E-state index contributed by atoms with van der Waals surface area (Å²) < 4.78 is 5.52. The van der Waals surface area contributed by atoms with Gasteiger partial charge in [-0.3, -0.25) is 14.9 Å². The first-order valence-electron chi connectivity index (χ1n) is 8.63. The number of likely N-dealkylation sites (N-methyl/N-ethyl adjacent to an activating group) is 1. The Hall–Kier alpha value is -2.64. The van der Waals surface area contributed by atoms with Gasteiger partial charge in [-0.1, -0.05) is 23.7 Å². The Bertz CT molecular complexity index is 833. The number of hydrogen-bond acceptors (Lipinski definition) is 5. The molecule has 2 heterocycles. The number of benzene rings is 1. The van der Waals surface area contributed by atoms with Gasteiger partial charge < -0.3 is 9.73 Å². The predicted octanol–water partition coefficient (Wildman–Crippen LogP) is 2.33. The first-order chi connectivity index (χ1) is 13.0. The van der Waals surface area contributed by atoms with Crippen molar-refractivity contribution < 1.29 is 14.0 Å². The second-order valence-electron chi connectivity index (χ2n) is 6.25. The molecule has 2 aromatic rings. The largest absolute Gasteiger partial charge is 0.467 e. The van der Waals surface area contributed by atoms with Crippen molar-refractivity contribution in [1.29, 1.82) is 0 Å². The van der Waals surface area contributed by atoms with E-state index in [-0.39, 0.29) is 24.4 Å². The predicted molar refractivity (Wildman–Crippen MR) is 102 cm³/mol. The molecule has 0 spiro atoms. The lowest BCUT2D eigenvalue weighted by molar-refractivity contribution is -0.135. The zero-order chi connectivity index (χ0) is 19.4. The van der Waals surface area contributed by atoms with Gasteiger partial charge in [-0.15, -0.1) is 0 Å². The van der Waals surface area contributed by atoms with E-state index in [0.29, 0.717) is 17.2 Å². The summed E-state index contributed by atoms with van der Waals surface area (Å²) in [6, 6.07) is 10.0. The van der Waals surface area contributed by atoms with Crippen LogP contribution in [-0.2, 0) is 9.59 Å². The lowest BCUT2D eigenvalue weighted by Gasteiger charge is -2.23. The van der Waals surface area contributed by atoms with Gasteiger partial charge in [-0.05, 0) is 36.8 Å². The minimum atomic E-state index is -0.576. The van der Waals surface area contributed by atoms with Crippen LogP contribution in [0.5, 0.6) is 0 Å². The van der Waals surface area contributed by atoms with Crippen LogP contribution in [0.1, 0.15) is 30.7 Å². The number of carbonyl (C=O) groups is 2. The third-order valence-corrected chi connectivity index (χ3v) is 4.66. The van der Waals surface area contributed by atoms with Crippen molar-refractivity contribution in [3.8, 4) is 0 Å². The van der Waals surface area contributed by atoms with E-state index in [1.54, 1.807) is 38.4 Å². The van der Waals surface area contributed by atoms with Crippen LogP contribution in [0, 0.1) is 0 Å². The summed E-state index contributed by atoms with van der Waals surface area (Å²) in [5, 5.41) is 12.1. The van der Waals surface area contributed by atoms with E-state index in [1.165, 1.54) is 5.01 Å². The maximum Gasteiger partial charge on any atom is 0.260 e. The van der Waals surface area contributed by atoms with Gasteiger partial charge in [0.05, 0.1) is 24.6 Å². The lowest BCUT2D eigenvalue weighted by atomic mass is 10.0. The van der Waals surface area contributed by atoms with Gasteiger partial charge in [0.15, 0.2) is 0 Å². The molecule has 1 aromatic heterocycles. The molecule has 7 nitrogen and oxygen atoms in total. The van der Waals surface area contributed by atoms with Crippen LogP contribution in [0.4, 0.5) is 0 Å². The molecule has 2 N–H and O–H groups in total. The number of halogens is 1. The van der Waals surface area contributed by atoms with Gasteiger partial charge in [-0.25, -0.2) is 5.01 Å². The van der Waals surface area contributed by atoms with Gasteiger partial charge in [-0.2, -0.15) is 5.10 Å². The molecule has 0 aliphatic carbocycles. The standard InChI is InChI=1S/C19H21ClN4O3/c1-12(22-11-18(25)21-2)19(26)24-16(17-4-3-9-27-17)10-15(23-24)13-5-7-14(20)8-6-13/h3-9,12,16,22H,10-11H2,1-2H3,(H,21,25)/t12-,16+/m1/s1. The van der Waals surface area contributed by atoms with Crippen molar-refractivity contribution in [2.24, 2.45) is 5.10 Å². The number of amides is 2. The smallest absolute Gasteiger partial charge is 0.260 e. The van der Waals surface area contributed by atoms with Crippen molar-refractivity contribution in [2.45, 2.75) is 25.4 Å². The maximum absolute atomic E-state index is 12.9. The molecule has 142 valence electrons. The quantitative estimate of drug-likeness (QED) is 0.795. The van der Waals surface area contributed by atoms with Crippen LogP contribution in [-0.4, -0.2) is 42.2 Å². The zero-order valence-electron chi connectivity index (χ0n) is 15.1. The highest BCUT2D eigenvalue weighted by Crippen LogP contribution is 2.33. The molecule has 8 heteroatoms. The normalized spacial score (nSPS) is 17.5.